The smallest absolute Gasteiger partial charge is 0.295 e. The van der Waals surface area contributed by atoms with Crippen LogP contribution in [0.5, 0.6) is 11.5 Å². The van der Waals surface area contributed by atoms with Gasteiger partial charge in [0.05, 0.1) is 18.5 Å². The first kappa shape index (κ1) is 21.0. The Morgan fingerprint density at radius 3 is 2.53 bits per heavy atom. The molecule has 0 fully saturated rings. The number of allylic oxidation sites excluding steroid dienone is 1. The number of carbonyl (C=O) groups excluding carboxylic acids is 1. The van der Waals surface area contributed by atoms with Crippen LogP contribution in [-0.2, 0) is 11.8 Å². The fourth-order valence-corrected chi connectivity index (χ4v) is 3.13. The predicted molar refractivity (Wildman–Crippen MR) is 118 cm³/mol. The molecule has 1 heterocycles. The van der Waals surface area contributed by atoms with E-state index in [9.17, 15) is 9.59 Å². The van der Waals surface area contributed by atoms with E-state index in [1.54, 1.807) is 31.8 Å². The molecule has 0 saturated heterocycles. The number of para-hydroxylation sites is 1. The minimum atomic E-state index is -0.430. The number of rotatable bonds is 7. The van der Waals surface area contributed by atoms with Gasteiger partial charge in [0.15, 0.2) is 18.1 Å². The summed E-state index contributed by atoms with van der Waals surface area (Å²) in [6.07, 6.45) is 3.86. The quantitative estimate of drug-likeness (QED) is 0.650. The molecule has 0 aliphatic carbocycles. The highest BCUT2D eigenvalue weighted by atomic mass is 16.5. The molecular formula is C23H25N3O4. The Morgan fingerprint density at radius 2 is 1.87 bits per heavy atom. The fourth-order valence-electron chi connectivity index (χ4n) is 3.13. The summed E-state index contributed by atoms with van der Waals surface area (Å²) in [6.45, 7) is 3.46. The van der Waals surface area contributed by atoms with Crippen molar-refractivity contribution in [3.63, 3.8) is 0 Å². The maximum Gasteiger partial charge on any atom is 0.295 e. The number of methoxy groups -OCH3 is 1. The van der Waals surface area contributed by atoms with Crippen molar-refractivity contribution in [2.24, 2.45) is 7.05 Å². The van der Waals surface area contributed by atoms with Crippen LogP contribution in [0.3, 0.4) is 0 Å². The molecule has 1 amide bonds. The molecule has 0 spiro atoms. The first-order valence-electron chi connectivity index (χ1n) is 9.53. The number of anilines is 1. The van der Waals surface area contributed by atoms with Crippen LogP contribution in [0.25, 0.3) is 11.8 Å². The normalized spacial score (nSPS) is 10.9. The van der Waals surface area contributed by atoms with Crippen LogP contribution in [-0.4, -0.2) is 29.0 Å². The summed E-state index contributed by atoms with van der Waals surface area (Å²) in [7, 11) is 3.31. The number of hydrogen-bond donors (Lipinski definition) is 1. The predicted octanol–water partition coefficient (Wildman–Crippen LogP) is 3.54. The fraction of sp³-hybridized carbons (Fsp3) is 0.217. The number of carbonyl (C=O) groups is 1. The summed E-state index contributed by atoms with van der Waals surface area (Å²) in [4.78, 5) is 25.4. The molecule has 0 aliphatic heterocycles. The standard InChI is InChI=1S/C23H25N3O4/c1-5-9-17-12-13-19(20(14-17)29-4)30-15-21(27)24-22-16(2)25(3)26(23(22)28)18-10-7-6-8-11-18/h5-14H,15H2,1-4H3,(H,24,27). The topological polar surface area (TPSA) is 74.5 Å². The zero-order valence-corrected chi connectivity index (χ0v) is 17.5. The van der Waals surface area contributed by atoms with Gasteiger partial charge in [0.2, 0.25) is 0 Å². The molecular weight excluding hydrogens is 382 g/mol. The lowest BCUT2D eigenvalue weighted by molar-refractivity contribution is -0.118. The lowest BCUT2D eigenvalue weighted by Crippen LogP contribution is -2.25. The van der Waals surface area contributed by atoms with Crippen molar-refractivity contribution >= 4 is 17.7 Å². The molecule has 7 nitrogen and oxygen atoms in total. The Bertz CT molecular complexity index is 1130. The van der Waals surface area contributed by atoms with Gasteiger partial charge in [-0.3, -0.25) is 14.3 Å². The van der Waals surface area contributed by atoms with Gasteiger partial charge >= 0.3 is 0 Å². The molecule has 3 rings (SSSR count). The van der Waals surface area contributed by atoms with E-state index in [0.717, 1.165) is 11.3 Å². The number of hydrogen-bond acceptors (Lipinski definition) is 4. The number of amides is 1. The van der Waals surface area contributed by atoms with Gasteiger partial charge in [0.1, 0.15) is 5.69 Å². The van der Waals surface area contributed by atoms with E-state index in [0.29, 0.717) is 17.2 Å². The molecule has 1 N–H and O–H groups in total. The highest BCUT2D eigenvalue weighted by Gasteiger charge is 2.18. The van der Waals surface area contributed by atoms with Crippen LogP contribution in [0.15, 0.2) is 59.4 Å². The molecule has 30 heavy (non-hydrogen) atoms. The highest BCUT2D eigenvalue weighted by molar-refractivity contribution is 5.92. The molecule has 156 valence electrons. The molecule has 0 saturated carbocycles. The highest BCUT2D eigenvalue weighted by Crippen LogP contribution is 2.28. The Labute approximate surface area is 175 Å². The third kappa shape index (κ3) is 4.30. The summed E-state index contributed by atoms with van der Waals surface area (Å²) in [6, 6.07) is 14.7. The summed E-state index contributed by atoms with van der Waals surface area (Å²) in [5.41, 5.74) is 2.25. The number of aromatic nitrogens is 2. The Balaban J connectivity index is 1.76. The van der Waals surface area contributed by atoms with E-state index >= 15 is 0 Å². The zero-order valence-electron chi connectivity index (χ0n) is 17.5. The van der Waals surface area contributed by atoms with Gasteiger partial charge in [0, 0.05) is 7.05 Å². The summed E-state index contributed by atoms with van der Waals surface area (Å²) in [5.74, 6) is 0.550. The van der Waals surface area contributed by atoms with Gasteiger partial charge in [-0.25, -0.2) is 4.68 Å². The van der Waals surface area contributed by atoms with Crippen molar-refractivity contribution in [2.45, 2.75) is 13.8 Å². The largest absolute Gasteiger partial charge is 0.493 e. The van der Waals surface area contributed by atoms with Gasteiger partial charge < -0.3 is 14.8 Å². The second kappa shape index (κ2) is 9.17. The number of benzene rings is 2. The van der Waals surface area contributed by atoms with Crippen LogP contribution in [0.2, 0.25) is 0 Å². The summed E-state index contributed by atoms with van der Waals surface area (Å²) < 4.78 is 14.2. The van der Waals surface area contributed by atoms with Gasteiger partial charge in [0.25, 0.3) is 11.5 Å². The lowest BCUT2D eigenvalue weighted by atomic mass is 10.2. The monoisotopic (exact) mass is 407 g/mol. The lowest BCUT2D eigenvalue weighted by Gasteiger charge is -2.11. The SMILES string of the molecule is CC=Cc1ccc(OCC(=O)Nc2c(C)n(C)n(-c3ccccc3)c2=O)c(OC)c1. The molecule has 3 aromatic rings. The molecule has 7 heteroatoms. The minimum absolute atomic E-state index is 0.227. The van der Waals surface area contributed by atoms with E-state index < -0.39 is 5.91 Å². The molecule has 1 aromatic heterocycles. The minimum Gasteiger partial charge on any atom is -0.493 e. The van der Waals surface area contributed by atoms with Crippen molar-refractivity contribution < 1.29 is 14.3 Å². The molecule has 0 bridgehead atoms. The van der Waals surface area contributed by atoms with E-state index in [-0.39, 0.29) is 17.9 Å². The average molecular weight is 407 g/mol. The average Bonchev–Trinajstić information content (AvgIpc) is 2.96. The second-order valence-electron chi connectivity index (χ2n) is 6.68. The van der Waals surface area contributed by atoms with E-state index in [1.807, 2.05) is 61.5 Å². The Hall–Kier alpha value is -3.74. The zero-order chi connectivity index (χ0) is 21.7. The van der Waals surface area contributed by atoms with Crippen LogP contribution in [0.4, 0.5) is 5.69 Å². The first-order chi connectivity index (χ1) is 14.5. The van der Waals surface area contributed by atoms with Crippen molar-refractivity contribution in [3.05, 3.63) is 76.2 Å². The Morgan fingerprint density at radius 1 is 1.13 bits per heavy atom. The maximum absolute atomic E-state index is 12.9. The number of nitrogens with zero attached hydrogens (tertiary/aromatic N) is 2. The molecule has 0 aliphatic rings. The number of ether oxygens (including phenoxy) is 2. The van der Waals surface area contributed by atoms with Crippen molar-refractivity contribution in [3.8, 4) is 17.2 Å². The summed E-state index contributed by atoms with van der Waals surface area (Å²) in [5, 5.41) is 2.68. The Kier molecular flexibility index (Phi) is 6.41. The van der Waals surface area contributed by atoms with Gasteiger partial charge in [-0.15, -0.1) is 0 Å². The van der Waals surface area contributed by atoms with Crippen LogP contribution in [0.1, 0.15) is 18.2 Å². The third-order valence-corrected chi connectivity index (χ3v) is 4.72. The van der Waals surface area contributed by atoms with Crippen molar-refractivity contribution in [1.29, 1.82) is 0 Å². The van der Waals surface area contributed by atoms with Gasteiger partial charge in [-0.05, 0) is 43.7 Å². The van der Waals surface area contributed by atoms with Gasteiger partial charge in [-0.2, -0.15) is 0 Å². The van der Waals surface area contributed by atoms with Crippen molar-refractivity contribution in [1.82, 2.24) is 9.36 Å². The number of nitrogens with one attached hydrogen (secondary N) is 1. The molecule has 0 atom stereocenters. The third-order valence-electron chi connectivity index (χ3n) is 4.72. The van der Waals surface area contributed by atoms with E-state index in [1.165, 1.54) is 4.68 Å². The second-order valence-corrected chi connectivity index (χ2v) is 6.68. The molecule has 0 radical (unpaired) electrons. The van der Waals surface area contributed by atoms with Crippen LogP contribution >= 0.6 is 0 Å². The van der Waals surface area contributed by atoms with Crippen LogP contribution in [0, 0.1) is 6.92 Å². The summed E-state index contributed by atoms with van der Waals surface area (Å²) >= 11 is 0. The van der Waals surface area contributed by atoms with E-state index in [2.05, 4.69) is 5.32 Å². The molecule has 0 unspecified atom stereocenters. The first-order valence-corrected chi connectivity index (χ1v) is 9.53. The van der Waals surface area contributed by atoms with Gasteiger partial charge in [-0.1, -0.05) is 36.4 Å². The van der Waals surface area contributed by atoms with Crippen LogP contribution < -0.4 is 20.3 Å². The maximum atomic E-state index is 12.9. The van der Waals surface area contributed by atoms with E-state index in [4.69, 9.17) is 9.47 Å². The molecule has 2 aromatic carbocycles. The van der Waals surface area contributed by atoms with Crippen molar-refractivity contribution in [2.75, 3.05) is 19.0 Å².